The average molecular weight is 596 g/mol. The van der Waals surface area contributed by atoms with Gasteiger partial charge in [0.05, 0.1) is 22.3 Å². The van der Waals surface area contributed by atoms with Crippen LogP contribution in [0.1, 0.15) is 57.4 Å². The number of piperazine rings is 1. The molecule has 1 aliphatic carbocycles. The Morgan fingerprint density at radius 3 is 2.59 bits per heavy atom. The van der Waals surface area contributed by atoms with Gasteiger partial charge in [0, 0.05) is 85.0 Å². The first-order valence-electron chi connectivity index (χ1n) is 16.3. The van der Waals surface area contributed by atoms with Crippen LogP contribution in [-0.4, -0.2) is 85.3 Å². The van der Waals surface area contributed by atoms with Crippen molar-refractivity contribution in [2.24, 2.45) is 12.2 Å². The van der Waals surface area contributed by atoms with Gasteiger partial charge in [0.15, 0.2) is 5.88 Å². The molecule has 3 aromatic heterocycles. The molecule has 0 atom stereocenters. The number of rotatable bonds is 9. The molecule has 2 aromatic carbocycles. The molecular formula is C35H45N7O2. The molecule has 232 valence electrons. The lowest BCUT2D eigenvalue weighted by Crippen LogP contribution is -2.46. The average Bonchev–Trinajstić information content (AvgIpc) is 3.70. The van der Waals surface area contributed by atoms with E-state index in [1.54, 1.807) is 0 Å². The minimum atomic E-state index is 0.0254. The fraction of sp³-hybridized carbons (Fsp3) is 0.486. The Labute approximate surface area is 259 Å². The molecule has 0 spiro atoms. The number of oxime groups is 1. The van der Waals surface area contributed by atoms with Gasteiger partial charge >= 0.3 is 0 Å². The van der Waals surface area contributed by atoms with Gasteiger partial charge in [0.2, 0.25) is 0 Å². The second kappa shape index (κ2) is 11.6. The van der Waals surface area contributed by atoms with Gasteiger partial charge in [-0.1, -0.05) is 18.1 Å². The lowest BCUT2D eigenvalue weighted by molar-refractivity contribution is 0.0860. The topological polar surface area (TPSA) is 86.8 Å². The van der Waals surface area contributed by atoms with E-state index in [0.717, 1.165) is 77.8 Å². The van der Waals surface area contributed by atoms with E-state index >= 15 is 0 Å². The number of unbranched alkanes of at least 4 members (excludes halogenated alkanes) is 1. The molecule has 7 rings (SSSR count). The fourth-order valence-corrected chi connectivity index (χ4v) is 7.41. The number of nitrogens with one attached hydrogen (secondary N) is 1. The molecule has 44 heavy (non-hydrogen) atoms. The van der Waals surface area contributed by atoms with E-state index in [-0.39, 0.29) is 12.0 Å². The van der Waals surface area contributed by atoms with E-state index < -0.39 is 0 Å². The van der Waals surface area contributed by atoms with E-state index in [1.165, 1.54) is 60.0 Å². The predicted molar refractivity (Wildman–Crippen MR) is 179 cm³/mol. The molecule has 2 aliphatic rings. The number of hydrogen-bond donors (Lipinski definition) is 2. The summed E-state index contributed by atoms with van der Waals surface area (Å²) >= 11 is 0. The first kappa shape index (κ1) is 28.9. The summed E-state index contributed by atoms with van der Waals surface area (Å²) in [5, 5.41) is 24.7. The standard InChI is InChI=1S/C35H45N7O2/c1-6-40-15-17-41(18-16-40)13-7-8-14-42-30-12-9-24(23(4)38-44-22(2)3)19-26(30)32-27-20-36-35(43)33(27)31-25(34(32)42)10-11-29-28(31)21-39(5)37-29/h9,12,19-22,36,43H,6-8,10-11,13-18H2,1-5H3. The van der Waals surface area contributed by atoms with E-state index in [9.17, 15) is 5.11 Å². The highest BCUT2D eigenvalue weighted by molar-refractivity contribution is 6.27. The lowest BCUT2D eigenvalue weighted by Gasteiger charge is -2.34. The molecule has 9 heteroatoms. The van der Waals surface area contributed by atoms with E-state index in [1.807, 2.05) is 38.7 Å². The van der Waals surface area contributed by atoms with Crippen LogP contribution in [0.15, 0.2) is 35.7 Å². The molecule has 1 aliphatic heterocycles. The molecule has 2 N–H and O–H groups in total. The summed E-state index contributed by atoms with van der Waals surface area (Å²) in [6, 6.07) is 6.69. The van der Waals surface area contributed by atoms with E-state index in [4.69, 9.17) is 9.94 Å². The molecule has 0 radical (unpaired) electrons. The number of nitrogens with zero attached hydrogens (tertiary/aromatic N) is 6. The zero-order chi connectivity index (χ0) is 30.5. The Morgan fingerprint density at radius 2 is 1.82 bits per heavy atom. The van der Waals surface area contributed by atoms with Crippen molar-refractivity contribution in [3.05, 3.63) is 47.4 Å². The summed E-state index contributed by atoms with van der Waals surface area (Å²) in [5.74, 6) is 0.221. The van der Waals surface area contributed by atoms with Crippen molar-refractivity contribution in [3.8, 4) is 17.0 Å². The van der Waals surface area contributed by atoms with Crippen LogP contribution in [0, 0.1) is 0 Å². The normalized spacial score (nSPS) is 16.5. The van der Waals surface area contributed by atoms with Crippen LogP contribution >= 0.6 is 0 Å². The molecule has 5 aromatic rings. The Bertz CT molecular complexity index is 1870. The van der Waals surface area contributed by atoms with Crippen molar-refractivity contribution >= 4 is 38.3 Å². The van der Waals surface area contributed by atoms with Crippen molar-refractivity contribution < 1.29 is 9.94 Å². The Kier molecular flexibility index (Phi) is 7.62. The highest BCUT2D eigenvalue weighted by atomic mass is 16.6. The van der Waals surface area contributed by atoms with Gasteiger partial charge in [-0.15, -0.1) is 0 Å². The second-order valence-electron chi connectivity index (χ2n) is 12.9. The molecule has 0 saturated carbocycles. The number of benzene rings is 2. The summed E-state index contributed by atoms with van der Waals surface area (Å²) in [5.41, 5.74) is 9.09. The van der Waals surface area contributed by atoms with Crippen LogP contribution in [0.25, 0.3) is 43.7 Å². The molecule has 4 heterocycles. The van der Waals surface area contributed by atoms with Gasteiger partial charge < -0.3 is 29.3 Å². The van der Waals surface area contributed by atoms with Gasteiger partial charge in [-0.3, -0.25) is 4.68 Å². The third-order valence-corrected chi connectivity index (χ3v) is 9.65. The first-order chi connectivity index (χ1) is 21.3. The van der Waals surface area contributed by atoms with Crippen molar-refractivity contribution in [2.75, 3.05) is 39.3 Å². The van der Waals surface area contributed by atoms with Crippen LogP contribution in [0.5, 0.6) is 5.88 Å². The third kappa shape index (κ3) is 4.96. The van der Waals surface area contributed by atoms with Gasteiger partial charge in [-0.2, -0.15) is 5.10 Å². The Balaban J connectivity index is 1.35. The highest BCUT2D eigenvalue weighted by Gasteiger charge is 2.30. The molecule has 1 fully saturated rings. The molecule has 1 saturated heterocycles. The quantitative estimate of drug-likeness (QED) is 0.123. The van der Waals surface area contributed by atoms with Crippen LogP contribution in [0.4, 0.5) is 0 Å². The number of aromatic amines is 1. The van der Waals surface area contributed by atoms with Crippen LogP contribution in [0.3, 0.4) is 0 Å². The Morgan fingerprint density at radius 1 is 1.05 bits per heavy atom. The van der Waals surface area contributed by atoms with Crippen molar-refractivity contribution in [1.29, 1.82) is 0 Å². The maximum absolute atomic E-state index is 11.2. The van der Waals surface area contributed by atoms with Gasteiger partial charge in [0.1, 0.15) is 6.10 Å². The SMILES string of the molecule is CCN1CCN(CCCCn2c3ccc(C(C)=NOC(C)C)cc3c3c4c[nH]c(O)c4c4c(c32)CCc2nn(C)cc2-4)CC1. The molecular weight excluding hydrogens is 550 g/mol. The first-order valence-corrected chi connectivity index (χ1v) is 16.3. The zero-order valence-corrected chi connectivity index (χ0v) is 26.8. The van der Waals surface area contributed by atoms with Crippen LogP contribution < -0.4 is 0 Å². The largest absolute Gasteiger partial charge is 0.494 e. The van der Waals surface area contributed by atoms with E-state index in [2.05, 4.69) is 55.8 Å². The number of aryl methyl sites for hydroxylation is 4. The number of aromatic nitrogens is 4. The molecule has 0 unspecified atom stereocenters. The smallest absolute Gasteiger partial charge is 0.197 e. The zero-order valence-electron chi connectivity index (χ0n) is 26.8. The summed E-state index contributed by atoms with van der Waals surface area (Å²) in [4.78, 5) is 13.9. The second-order valence-corrected chi connectivity index (χ2v) is 12.9. The highest BCUT2D eigenvalue weighted by Crippen LogP contribution is 2.49. The van der Waals surface area contributed by atoms with Gasteiger partial charge in [-0.05, 0) is 82.8 Å². The summed E-state index contributed by atoms with van der Waals surface area (Å²) in [6.45, 7) is 16.2. The van der Waals surface area contributed by atoms with E-state index in [0.29, 0.717) is 0 Å². The minimum absolute atomic E-state index is 0.0254. The third-order valence-electron chi connectivity index (χ3n) is 9.65. The predicted octanol–water partition coefficient (Wildman–Crippen LogP) is 6.05. The monoisotopic (exact) mass is 595 g/mol. The van der Waals surface area contributed by atoms with Crippen molar-refractivity contribution in [1.82, 2.24) is 29.1 Å². The maximum atomic E-state index is 11.2. The number of aromatic hydroxyl groups is 1. The number of hydrogen-bond acceptors (Lipinski definition) is 6. The number of fused-ring (bicyclic) bond motifs is 10. The summed E-state index contributed by atoms with van der Waals surface area (Å²) < 4.78 is 4.47. The molecule has 0 bridgehead atoms. The summed E-state index contributed by atoms with van der Waals surface area (Å²) in [7, 11) is 1.98. The molecule has 9 nitrogen and oxygen atoms in total. The maximum Gasteiger partial charge on any atom is 0.197 e. The minimum Gasteiger partial charge on any atom is -0.494 e. The fourth-order valence-electron chi connectivity index (χ4n) is 7.41. The van der Waals surface area contributed by atoms with Crippen LogP contribution in [-0.2, 0) is 31.3 Å². The van der Waals surface area contributed by atoms with Crippen molar-refractivity contribution in [2.45, 2.75) is 66.0 Å². The van der Waals surface area contributed by atoms with Crippen LogP contribution in [0.2, 0.25) is 0 Å². The van der Waals surface area contributed by atoms with Gasteiger partial charge in [-0.25, -0.2) is 0 Å². The van der Waals surface area contributed by atoms with Gasteiger partial charge in [0.25, 0.3) is 0 Å². The lowest BCUT2D eigenvalue weighted by atomic mass is 9.85. The number of likely N-dealkylation sites (N-methyl/N-ethyl adjacent to an activating group) is 1. The number of H-pyrrole nitrogens is 1. The summed E-state index contributed by atoms with van der Waals surface area (Å²) in [6.07, 6.45) is 8.19. The molecule has 0 amide bonds. The Hall–Kier alpha value is -3.82. The van der Waals surface area contributed by atoms with Crippen molar-refractivity contribution in [3.63, 3.8) is 0 Å².